The predicted molar refractivity (Wildman–Crippen MR) is 71.7 cm³/mol. The third-order valence-electron chi connectivity index (χ3n) is 3.69. The van der Waals surface area contributed by atoms with Crippen LogP contribution < -0.4 is 0 Å². The van der Waals surface area contributed by atoms with Crippen LogP contribution in [-0.2, 0) is 4.79 Å². The summed E-state index contributed by atoms with van der Waals surface area (Å²) in [6, 6.07) is 5.94. The first-order valence-corrected chi connectivity index (χ1v) is 6.87. The Morgan fingerprint density at radius 3 is 2.53 bits per heavy atom. The Balaban J connectivity index is 2.09. The van der Waals surface area contributed by atoms with Gasteiger partial charge in [0, 0.05) is 6.54 Å². The predicted octanol–water partition coefficient (Wildman–Crippen LogP) is 2.87. The molecule has 1 heterocycles. The Bertz CT molecular complexity index is 428. The SMILES string of the molecule is O=C(O)C(CN1CCCCCC1)c1cccc(F)c1. The van der Waals surface area contributed by atoms with Crippen LogP contribution in [0.2, 0.25) is 0 Å². The van der Waals surface area contributed by atoms with E-state index in [1.54, 1.807) is 12.1 Å². The Labute approximate surface area is 113 Å². The van der Waals surface area contributed by atoms with Gasteiger partial charge in [-0.2, -0.15) is 0 Å². The van der Waals surface area contributed by atoms with Crippen LogP contribution in [0.3, 0.4) is 0 Å². The number of likely N-dealkylation sites (tertiary alicyclic amines) is 1. The van der Waals surface area contributed by atoms with Gasteiger partial charge in [0.15, 0.2) is 0 Å². The van der Waals surface area contributed by atoms with Crippen molar-refractivity contribution >= 4 is 5.97 Å². The van der Waals surface area contributed by atoms with E-state index in [4.69, 9.17) is 0 Å². The van der Waals surface area contributed by atoms with Crippen molar-refractivity contribution in [3.63, 3.8) is 0 Å². The summed E-state index contributed by atoms with van der Waals surface area (Å²) in [6.07, 6.45) is 4.67. The summed E-state index contributed by atoms with van der Waals surface area (Å²) in [5.41, 5.74) is 0.553. The zero-order valence-electron chi connectivity index (χ0n) is 11.0. The molecule has 1 aliphatic rings. The highest BCUT2D eigenvalue weighted by molar-refractivity contribution is 5.76. The van der Waals surface area contributed by atoms with Gasteiger partial charge in [-0.25, -0.2) is 4.39 Å². The third-order valence-corrected chi connectivity index (χ3v) is 3.69. The maximum absolute atomic E-state index is 13.2. The molecule has 0 amide bonds. The average Bonchev–Trinajstić information content (AvgIpc) is 2.64. The molecule has 2 rings (SSSR count). The lowest BCUT2D eigenvalue weighted by molar-refractivity contribution is -0.139. The zero-order valence-corrected chi connectivity index (χ0v) is 11.0. The summed E-state index contributed by atoms with van der Waals surface area (Å²) < 4.78 is 13.2. The van der Waals surface area contributed by atoms with E-state index < -0.39 is 11.9 Å². The molecule has 19 heavy (non-hydrogen) atoms. The molecule has 3 nitrogen and oxygen atoms in total. The minimum absolute atomic E-state index is 0.375. The highest BCUT2D eigenvalue weighted by Gasteiger charge is 2.23. The van der Waals surface area contributed by atoms with Gasteiger partial charge in [-0.1, -0.05) is 25.0 Å². The second kappa shape index (κ2) is 6.66. The summed E-state index contributed by atoms with van der Waals surface area (Å²) in [5.74, 6) is -1.90. The normalized spacial score (nSPS) is 18.8. The van der Waals surface area contributed by atoms with E-state index in [-0.39, 0.29) is 5.82 Å². The molecule has 1 aromatic carbocycles. The molecule has 4 heteroatoms. The number of carboxylic acids is 1. The first-order chi connectivity index (χ1) is 9.16. The number of aliphatic carboxylic acids is 1. The summed E-state index contributed by atoms with van der Waals surface area (Å²) in [6.45, 7) is 2.36. The largest absolute Gasteiger partial charge is 0.481 e. The van der Waals surface area contributed by atoms with Crippen LogP contribution in [0, 0.1) is 5.82 Å². The van der Waals surface area contributed by atoms with Gasteiger partial charge in [-0.15, -0.1) is 0 Å². The van der Waals surface area contributed by atoms with E-state index in [1.165, 1.54) is 25.0 Å². The first-order valence-electron chi connectivity index (χ1n) is 6.87. The molecule has 0 saturated carbocycles. The smallest absolute Gasteiger partial charge is 0.312 e. The maximum atomic E-state index is 13.2. The van der Waals surface area contributed by atoms with Gasteiger partial charge in [-0.05, 0) is 43.6 Å². The fourth-order valence-corrected chi connectivity index (χ4v) is 2.63. The van der Waals surface area contributed by atoms with Crippen LogP contribution in [0.4, 0.5) is 4.39 Å². The molecular formula is C15H20FNO2. The molecular weight excluding hydrogens is 245 g/mol. The number of carbonyl (C=O) groups is 1. The molecule has 1 aliphatic heterocycles. The van der Waals surface area contributed by atoms with Crippen molar-refractivity contribution in [2.45, 2.75) is 31.6 Å². The van der Waals surface area contributed by atoms with Gasteiger partial charge < -0.3 is 10.0 Å². The van der Waals surface area contributed by atoms with Gasteiger partial charge in [-0.3, -0.25) is 4.79 Å². The van der Waals surface area contributed by atoms with Crippen LogP contribution in [0.15, 0.2) is 24.3 Å². The topological polar surface area (TPSA) is 40.5 Å². The quantitative estimate of drug-likeness (QED) is 0.910. The zero-order chi connectivity index (χ0) is 13.7. The Kier molecular flexibility index (Phi) is 4.91. The second-order valence-corrected chi connectivity index (χ2v) is 5.16. The molecule has 0 aromatic heterocycles. The van der Waals surface area contributed by atoms with Gasteiger partial charge in [0.2, 0.25) is 0 Å². The van der Waals surface area contributed by atoms with Crippen molar-refractivity contribution < 1.29 is 14.3 Å². The minimum Gasteiger partial charge on any atom is -0.481 e. The van der Waals surface area contributed by atoms with Crippen molar-refractivity contribution in [2.24, 2.45) is 0 Å². The average molecular weight is 265 g/mol. The number of benzene rings is 1. The Morgan fingerprint density at radius 2 is 1.95 bits per heavy atom. The highest BCUT2D eigenvalue weighted by Crippen LogP contribution is 2.20. The lowest BCUT2D eigenvalue weighted by Crippen LogP contribution is -2.32. The summed E-state index contributed by atoms with van der Waals surface area (Å²) in [5, 5.41) is 9.37. The highest BCUT2D eigenvalue weighted by atomic mass is 19.1. The molecule has 0 bridgehead atoms. The summed E-state index contributed by atoms with van der Waals surface area (Å²) in [4.78, 5) is 13.6. The monoisotopic (exact) mass is 265 g/mol. The van der Waals surface area contributed by atoms with Crippen LogP contribution in [0.1, 0.15) is 37.2 Å². The molecule has 0 spiro atoms. The molecule has 1 saturated heterocycles. The lowest BCUT2D eigenvalue weighted by atomic mass is 9.98. The van der Waals surface area contributed by atoms with Crippen molar-refractivity contribution in [3.05, 3.63) is 35.6 Å². The van der Waals surface area contributed by atoms with Crippen molar-refractivity contribution in [1.82, 2.24) is 4.90 Å². The molecule has 0 radical (unpaired) electrons. The van der Waals surface area contributed by atoms with E-state index in [2.05, 4.69) is 4.90 Å². The van der Waals surface area contributed by atoms with E-state index in [9.17, 15) is 14.3 Å². The van der Waals surface area contributed by atoms with Gasteiger partial charge in [0.25, 0.3) is 0 Å². The lowest BCUT2D eigenvalue weighted by Gasteiger charge is -2.24. The second-order valence-electron chi connectivity index (χ2n) is 5.16. The van der Waals surface area contributed by atoms with E-state index in [0.29, 0.717) is 12.1 Å². The van der Waals surface area contributed by atoms with E-state index >= 15 is 0 Å². The minimum atomic E-state index is -0.880. The van der Waals surface area contributed by atoms with Crippen LogP contribution in [-0.4, -0.2) is 35.6 Å². The number of hydrogen-bond donors (Lipinski definition) is 1. The first kappa shape index (κ1) is 14.0. The number of hydrogen-bond acceptors (Lipinski definition) is 2. The molecule has 104 valence electrons. The molecule has 1 fully saturated rings. The fourth-order valence-electron chi connectivity index (χ4n) is 2.63. The number of halogens is 1. The maximum Gasteiger partial charge on any atom is 0.312 e. The molecule has 1 aromatic rings. The summed E-state index contributed by atoms with van der Waals surface area (Å²) in [7, 11) is 0. The van der Waals surface area contributed by atoms with Crippen molar-refractivity contribution in [2.75, 3.05) is 19.6 Å². The van der Waals surface area contributed by atoms with Crippen LogP contribution >= 0.6 is 0 Å². The van der Waals surface area contributed by atoms with Gasteiger partial charge in [0.05, 0.1) is 5.92 Å². The van der Waals surface area contributed by atoms with Gasteiger partial charge in [0.1, 0.15) is 5.82 Å². The van der Waals surface area contributed by atoms with Crippen LogP contribution in [0.5, 0.6) is 0 Å². The van der Waals surface area contributed by atoms with Crippen molar-refractivity contribution in [1.29, 1.82) is 0 Å². The van der Waals surface area contributed by atoms with Gasteiger partial charge >= 0.3 is 5.97 Å². The Hall–Kier alpha value is -1.42. The van der Waals surface area contributed by atoms with Crippen molar-refractivity contribution in [3.8, 4) is 0 Å². The molecule has 1 unspecified atom stereocenters. The molecule has 1 N–H and O–H groups in total. The van der Waals surface area contributed by atoms with Crippen LogP contribution in [0.25, 0.3) is 0 Å². The third kappa shape index (κ3) is 4.03. The van der Waals surface area contributed by atoms with E-state index in [0.717, 1.165) is 25.9 Å². The molecule has 0 aliphatic carbocycles. The number of rotatable bonds is 4. The number of nitrogens with zero attached hydrogens (tertiary/aromatic N) is 1. The Morgan fingerprint density at radius 1 is 1.26 bits per heavy atom. The van der Waals surface area contributed by atoms with E-state index in [1.807, 2.05) is 0 Å². The molecule has 1 atom stereocenters. The summed E-state index contributed by atoms with van der Waals surface area (Å²) >= 11 is 0. The number of carboxylic acid groups (broad SMARTS) is 1. The fraction of sp³-hybridized carbons (Fsp3) is 0.533. The standard InChI is InChI=1S/C15H20FNO2/c16-13-7-5-6-12(10-13)14(15(18)19)11-17-8-3-1-2-4-9-17/h5-7,10,14H,1-4,8-9,11H2,(H,18,19).